The van der Waals surface area contributed by atoms with Gasteiger partial charge >= 0.3 is 0 Å². The van der Waals surface area contributed by atoms with E-state index in [-0.39, 0.29) is 0 Å². The van der Waals surface area contributed by atoms with Crippen molar-refractivity contribution >= 4 is 32.4 Å². The number of nitrogens with zero attached hydrogens (tertiary/aromatic N) is 2. The third-order valence-corrected chi connectivity index (χ3v) is 2.69. The molecule has 0 saturated carbocycles. The monoisotopic (exact) mass is 279 g/mol. The van der Waals surface area contributed by atoms with Crippen LogP contribution in [-0.2, 0) is 4.74 Å². The second-order valence-corrected chi connectivity index (χ2v) is 5.51. The van der Waals surface area contributed by atoms with E-state index in [0.29, 0.717) is 12.5 Å². The van der Waals surface area contributed by atoms with Gasteiger partial charge in [0.2, 0.25) is 5.13 Å². The summed E-state index contributed by atoms with van der Waals surface area (Å²) >= 11 is 4.73. The lowest BCUT2D eigenvalue weighted by atomic mass is 10.2. The highest BCUT2D eigenvalue weighted by atomic mass is 79.9. The van der Waals surface area contributed by atoms with Crippen molar-refractivity contribution < 1.29 is 4.74 Å². The molecule has 0 bridgehead atoms. The summed E-state index contributed by atoms with van der Waals surface area (Å²) in [5.74, 6) is 0.589. The largest absolute Gasteiger partial charge is 0.379 e. The van der Waals surface area contributed by atoms with Gasteiger partial charge in [0, 0.05) is 13.2 Å². The summed E-state index contributed by atoms with van der Waals surface area (Å²) in [5.41, 5.74) is 0. The van der Waals surface area contributed by atoms with E-state index >= 15 is 0 Å². The van der Waals surface area contributed by atoms with E-state index in [1.165, 1.54) is 11.3 Å². The smallest absolute Gasteiger partial charge is 0.206 e. The van der Waals surface area contributed by atoms with Crippen LogP contribution in [0.3, 0.4) is 0 Å². The van der Waals surface area contributed by atoms with Crippen molar-refractivity contribution in [2.75, 3.05) is 25.1 Å². The maximum Gasteiger partial charge on any atom is 0.206 e. The number of rotatable bonds is 6. The van der Waals surface area contributed by atoms with Gasteiger partial charge < -0.3 is 10.1 Å². The topological polar surface area (TPSA) is 47.0 Å². The third kappa shape index (κ3) is 4.88. The Morgan fingerprint density at radius 1 is 1.50 bits per heavy atom. The molecule has 0 atom stereocenters. The van der Waals surface area contributed by atoms with E-state index in [1.807, 2.05) is 0 Å². The predicted molar refractivity (Wildman–Crippen MR) is 61.8 cm³/mol. The van der Waals surface area contributed by atoms with E-state index in [0.717, 1.165) is 22.2 Å². The second-order valence-electron chi connectivity index (χ2n) is 3.26. The Hall–Kier alpha value is -0.200. The molecule has 0 aliphatic rings. The fraction of sp³-hybridized carbons (Fsp3) is 0.750. The molecule has 0 aliphatic heterocycles. The van der Waals surface area contributed by atoms with Crippen molar-refractivity contribution in [3.05, 3.63) is 3.92 Å². The van der Waals surface area contributed by atoms with Gasteiger partial charge in [0.1, 0.15) is 0 Å². The van der Waals surface area contributed by atoms with Crippen LogP contribution in [0.15, 0.2) is 3.92 Å². The van der Waals surface area contributed by atoms with E-state index < -0.39 is 0 Å². The van der Waals surface area contributed by atoms with Crippen LogP contribution in [0.2, 0.25) is 0 Å². The van der Waals surface area contributed by atoms with Gasteiger partial charge in [-0.1, -0.05) is 25.2 Å². The standard InChI is InChI=1S/C8H14BrN3OS/c1-6(2)5-13-4-3-10-8-12-11-7(9)14-8/h6H,3-5H2,1-2H3,(H,10,12). The first-order valence-electron chi connectivity index (χ1n) is 4.49. The average Bonchev–Trinajstić information content (AvgIpc) is 2.50. The zero-order valence-corrected chi connectivity index (χ0v) is 10.7. The van der Waals surface area contributed by atoms with Gasteiger partial charge in [-0.3, -0.25) is 0 Å². The number of hydrogen-bond donors (Lipinski definition) is 1. The maximum atomic E-state index is 5.41. The normalized spacial score (nSPS) is 10.9. The number of aromatic nitrogens is 2. The Kier molecular flexibility index (Phi) is 5.36. The van der Waals surface area contributed by atoms with Crippen LogP contribution in [0.25, 0.3) is 0 Å². The molecule has 1 heterocycles. The van der Waals surface area contributed by atoms with Gasteiger partial charge in [0.05, 0.1) is 6.61 Å². The summed E-state index contributed by atoms with van der Waals surface area (Å²) in [6, 6.07) is 0. The van der Waals surface area contributed by atoms with E-state index in [4.69, 9.17) is 4.74 Å². The third-order valence-electron chi connectivity index (χ3n) is 1.37. The highest BCUT2D eigenvalue weighted by molar-refractivity contribution is 9.11. The Labute approximate surface area is 96.2 Å². The molecule has 1 N–H and O–H groups in total. The van der Waals surface area contributed by atoms with Crippen LogP contribution in [0.5, 0.6) is 0 Å². The summed E-state index contributed by atoms with van der Waals surface area (Å²) in [6.45, 7) is 6.55. The zero-order valence-electron chi connectivity index (χ0n) is 8.29. The van der Waals surface area contributed by atoms with Gasteiger partial charge in [-0.25, -0.2) is 0 Å². The summed E-state index contributed by atoms with van der Waals surface area (Å²) in [5, 5.41) is 11.7. The van der Waals surface area contributed by atoms with Gasteiger partial charge in [-0.15, -0.1) is 10.2 Å². The van der Waals surface area contributed by atoms with Crippen LogP contribution in [0, 0.1) is 5.92 Å². The molecule has 0 saturated heterocycles. The summed E-state index contributed by atoms with van der Waals surface area (Å²) in [7, 11) is 0. The molecule has 0 fully saturated rings. The van der Waals surface area contributed by atoms with Gasteiger partial charge in [-0.2, -0.15) is 0 Å². The molecule has 0 spiro atoms. The highest BCUT2D eigenvalue weighted by Crippen LogP contribution is 2.19. The molecule has 80 valence electrons. The van der Waals surface area contributed by atoms with E-state index in [2.05, 4.69) is 45.3 Å². The van der Waals surface area contributed by atoms with Crippen molar-refractivity contribution in [1.29, 1.82) is 0 Å². The number of nitrogens with one attached hydrogen (secondary N) is 1. The fourth-order valence-electron chi connectivity index (χ4n) is 0.826. The number of hydrogen-bond acceptors (Lipinski definition) is 5. The molecule has 0 aliphatic carbocycles. The minimum absolute atomic E-state index is 0.589. The SMILES string of the molecule is CC(C)COCCNc1nnc(Br)s1. The first kappa shape index (κ1) is 11.9. The van der Waals surface area contributed by atoms with Gasteiger partial charge in [-0.05, 0) is 21.8 Å². The number of halogens is 1. The molecule has 4 nitrogen and oxygen atoms in total. The number of ether oxygens (including phenoxy) is 1. The van der Waals surface area contributed by atoms with Crippen molar-refractivity contribution in [2.45, 2.75) is 13.8 Å². The Morgan fingerprint density at radius 3 is 2.86 bits per heavy atom. The Bertz CT molecular complexity index is 267. The lowest BCUT2D eigenvalue weighted by molar-refractivity contribution is 0.118. The Morgan fingerprint density at radius 2 is 2.29 bits per heavy atom. The summed E-state index contributed by atoms with van der Waals surface area (Å²) in [4.78, 5) is 0. The molecular weight excluding hydrogens is 266 g/mol. The van der Waals surface area contributed by atoms with Crippen LogP contribution in [0.4, 0.5) is 5.13 Å². The fourth-order valence-corrected chi connectivity index (χ4v) is 1.86. The quantitative estimate of drug-likeness (QED) is 0.813. The predicted octanol–water partition coefficient (Wildman–Crippen LogP) is 2.39. The van der Waals surface area contributed by atoms with Crippen molar-refractivity contribution in [3.63, 3.8) is 0 Å². The van der Waals surface area contributed by atoms with Crippen molar-refractivity contribution in [3.8, 4) is 0 Å². The maximum absolute atomic E-state index is 5.41. The molecule has 6 heteroatoms. The zero-order chi connectivity index (χ0) is 10.4. The van der Waals surface area contributed by atoms with Crippen LogP contribution >= 0.6 is 27.3 Å². The number of anilines is 1. The van der Waals surface area contributed by atoms with Crippen LogP contribution in [0.1, 0.15) is 13.8 Å². The van der Waals surface area contributed by atoms with E-state index in [1.54, 1.807) is 0 Å². The van der Waals surface area contributed by atoms with Crippen molar-refractivity contribution in [2.24, 2.45) is 5.92 Å². The molecule has 0 unspecified atom stereocenters. The Balaban J connectivity index is 2.04. The first-order valence-corrected chi connectivity index (χ1v) is 6.10. The molecule has 0 radical (unpaired) electrons. The lowest BCUT2D eigenvalue weighted by Crippen LogP contribution is -2.11. The lowest BCUT2D eigenvalue weighted by Gasteiger charge is -2.06. The van der Waals surface area contributed by atoms with E-state index in [9.17, 15) is 0 Å². The average molecular weight is 280 g/mol. The van der Waals surface area contributed by atoms with Crippen LogP contribution < -0.4 is 5.32 Å². The summed E-state index contributed by atoms with van der Waals surface area (Å²) < 4.78 is 6.20. The molecule has 0 amide bonds. The molecule has 14 heavy (non-hydrogen) atoms. The van der Waals surface area contributed by atoms with Crippen molar-refractivity contribution in [1.82, 2.24) is 10.2 Å². The summed E-state index contributed by atoms with van der Waals surface area (Å²) in [6.07, 6.45) is 0. The molecular formula is C8H14BrN3OS. The molecule has 0 aromatic carbocycles. The molecule has 1 aromatic rings. The molecule has 1 aromatic heterocycles. The highest BCUT2D eigenvalue weighted by Gasteiger charge is 1.99. The van der Waals surface area contributed by atoms with Gasteiger partial charge in [0.25, 0.3) is 0 Å². The van der Waals surface area contributed by atoms with Crippen LogP contribution in [-0.4, -0.2) is 30.0 Å². The van der Waals surface area contributed by atoms with Gasteiger partial charge in [0.15, 0.2) is 3.92 Å². The first-order chi connectivity index (χ1) is 6.68. The minimum atomic E-state index is 0.589. The minimum Gasteiger partial charge on any atom is -0.379 e. The molecule has 1 rings (SSSR count). The second kappa shape index (κ2) is 6.31.